The highest BCUT2D eigenvalue weighted by Gasteiger charge is 2.38. The average Bonchev–Trinajstić information content (AvgIpc) is 3.07. The zero-order chi connectivity index (χ0) is 35.1. The van der Waals surface area contributed by atoms with Crippen molar-refractivity contribution in [2.75, 3.05) is 29.0 Å². The van der Waals surface area contributed by atoms with Crippen molar-refractivity contribution < 1.29 is 37.1 Å². The van der Waals surface area contributed by atoms with E-state index >= 15 is 0 Å². The molecule has 0 aliphatic carbocycles. The fraction of sp³-hybridized carbons (Fsp3) is 0.265. The van der Waals surface area contributed by atoms with E-state index < -0.39 is 12.1 Å². The largest absolute Gasteiger partial charge is 0.490 e. The number of likely N-dealkylation sites (tertiary alicyclic amines) is 1. The number of benzene rings is 3. The molecule has 3 aromatic carbocycles. The summed E-state index contributed by atoms with van der Waals surface area (Å²) >= 11 is 6.38. The standard InChI is InChI=1S/C32H30ClFN6O2.C2HF3O2/c33-27-19-35-32-37-25-3-1-2-20(16-25)4-5-23-18-26(36-30(27)39-32)10-11-28(23)38-29(41)17-21-12-14-40(15-13-21)31(42)22-6-8-24(34)9-7-22;3-2(4,5)1(6)7/h1-3,6-11,16,18-19,21H,4-5,12-15,17H2,(H,38,41)(H2,35,36,37,39);(H,6,7). The molecular weight excluding hydrogens is 668 g/mol. The number of aromatic nitrogens is 2. The molecule has 2 aliphatic rings. The van der Waals surface area contributed by atoms with Crippen LogP contribution >= 0.6 is 11.6 Å². The van der Waals surface area contributed by atoms with Crippen LogP contribution in [0.15, 0.2) is 72.9 Å². The maximum absolute atomic E-state index is 13.2. The predicted molar refractivity (Wildman–Crippen MR) is 176 cm³/mol. The molecule has 2 amide bonds. The topological polar surface area (TPSA) is 137 Å². The summed E-state index contributed by atoms with van der Waals surface area (Å²) in [6.45, 7) is 1.14. The third kappa shape index (κ3) is 9.66. The predicted octanol–water partition coefficient (Wildman–Crippen LogP) is 7.37. The minimum atomic E-state index is -5.08. The van der Waals surface area contributed by atoms with E-state index in [1.54, 1.807) is 11.1 Å². The van der Waals surface area contributed by atoms with E-state index in [-0.39, 0.29) is 23.5 Å². The average molecular weight is 699 g/mol. The lowest BCUT2D eigenvalue weighted by Crippen LogP contribution is -2.39. The Morgan fingerprint density at radius 3 is 2.35 bits per heavy atom. The van der Waals surface area contributed by atoms with E-state index in [0.29, 0.717) is 41.9 Å². The SMILES string of the molecule is O=C(CC1CCN(C(=O)c2ccc(F)cc2)CC1)Nc1ccc2cc1CCc1cccc(c1)Nc1ncc(Cl)c(n1)N2.O=C(O)C(F)(F)F. The van der Waals surface area contributed by atoms with Gasteiger partial charge in [-0.15, -0.1) is 0 Å². The van der Waals surface area contributed by atoms with Crippen LogP contribution in [0.2, 0.25) is 5.02 Å². The monoisotopic (exact) mass is 698 g/mol. The van der Waals surface area contributed by atoms with Crippen LogP contribution in [0.4, 0.5) is 46.4 Å². The summed E-state index contributed by atoms with van der Waals surface area (Å²) in [7, 11) is 0. The molecule has 1 fully saturated rings. The van der Waals surface area contributed by atoms with Gasteiger partial charge in [0.25, 0.3) is 5.91 Å². The van der Waals surface area contributed by atoms with Gasteiger partial charge in [-0.2, -0.15) is 18.2 Å². The number of piperidine rings is 1. The van der Waals surface area contributed by atoms with Gasteiger partial charge in [-0.3, -0.25) is 9.59 Å². The minimum Gasteiger partial charge on any atom is -0.475 e. The Labute approximate surface area is 283 Å². The van der Waals surface area contributed by atoms with Gasteiger partial charge in [0, 0.05) is 42.1 Å². The number of amides is 2. The van der Waals surface area contributed by atoms with E-state index in [4.69, 9.17) is 21.5 Å². The van der Waals surface area contributed by atoms with Gasteiger partial charge in [0.1, 0.15) is 10.8 Å². The number of halogens is 5. The van der Waals surface area contributed by atoms with E-state index in [2.05, 4.69) is 38.1 Å². The highest BCUT2D eigenvalue weighted by molar-refractivity contribution is 6.32. The first kappa shape index (κ1) is 35.1. The summed E-state index contributed by atoms with van der Waals surface area (Å²) in [6.07, 6.45) is -0.173. The number of rotatable bonds is 4. The summed E-state index contributed by atoms with van der Waals surface area (Å²) in [5, 5.41) is 17.2. The van der Waals surface area contributed by atoms with Crippen molar-refractivity contribution in [2.24, 2.45) is 5.92 Å². The molecular formula is C34H31ClF4N6O4. The van der Waals surface area contributed by atoms with Gasteiger partial charge < -0.3 is 26.0 Å². The lowest BCUT2D eigenvalue weighted by atomic mass is 9.92. The van der Waals surface area contributed by atoms with Gasteiger partial charge >= 0.3 is 12.1 Å². The molecule has 15 heteroatoms. The Morgan fingerprint density at radius 2 is 1.65 bits per heavy atom. The molecule has 256 valence electrons. The Kier molecular flexibility index (Phi) is 11.0. The molecule has 4 N–H and O–H groups in total. The Balaban J connectivity index is 0.000000606. The van der Waals surface area contributed by atoms with Crippen molar-refractivity contribution in [1.82, 2.24) is 14.9 Å². The van der Waals surface area contributed by atoms with Crippen LogP contribution in [0.25, 0.3) is 0 Å². The number of aliphatic carboxylic acids is 1. The van der Waals surface area contributed by atoms with Crippen LogP contribution in [0.3, 0.4) is 0 Å². The third-order valence-electron chi connectivity index (χ3n) is 7.96. The number of hydrogen-bond donors (Lipinski definition) is 4. The quantitative estimate of drug-likeness (QED) is 0.162. The molecule has 0 radical (unpaired) electrons. The van der Waals surface area contributed by atoms with Crippen LogP contribution in [-0.4, -0.2) is 57.0 Å². The number of carbonyl (C=O) groups excluding carboxylic acids is 2. The smallest absolute Gasteiger partial charge is 0.475 e. The normalized spacial score (nSPS) is 14.3. The molecule has 0 atom stereocenters. The number of carboxylic acid groups (broad SMARTS) is 1. The number of nitrogens with one attached hydrogen (secondary N) is 3. The number of fused-ring (bicyclic) bond motifs is 6. The van der Waals surface area contributed by atoms with Crippen LogP contribution in [0.5, 0.6) is 0 Å². The minimum absolute atomic E-state index is 0.0483. The maximum atomic E-state index is 13.2. The van der Waals surface area contributed by atoms with Gasteiger partial charge in [0.05, 0.1) is 6.20 Å². The van der Waals surface area contributed by atoms with Crippen LogP contribution in [-0.2, 0) is 22.4 Å². The Bertz CT molecular complexity index is 1830. The van der Waals surface area contributed by atoms with E-state index in [0.717, 1.165) is 53.9 Å². The fourth-order valence-electron chi connectivity index (χ4n) is 5.44. The van der Waals surface area contributed by atoms with Crippen molar-refractivity contribution in [3.8, 4) is 0 Å². The third-order valence-corrected chi connectivity index (χ3v) is 8.24. The molecule has 49 heavy (non-hydrogen) atoms. The van der Waals surface area contributed by atoms with Gasteiger partial charge in [-0.1, -0.05) is 23.7 Å². The number of hydrogen-bond acceptors (Lipinski definition) is 7. The second-order valence-electron chi connectivity index (χ2n) is 11.5. The molecule has 1 saturated heterocycles. The molecule has 0 unspecified atom stereocenters. The number of nitrogens with zero attached hydrogens (tertiary/aromatic N) is 3. The number of carbonyl (C=O) groups is 3. The van der Waals surface area contributed by atoms with Gasteiger partial charge in [0.15, 0.2) is 5.82 Å². The summed E-state index contributed by atoms with van der Waals surface area (Å²) in [6, 6.07) is 19.5. The first-order valence-electron chi connectivity index (χ1n) is 15.3. The molecule has 1 aromatic heterocycles. The number of aryl methyl sites for hydroxylation is 2. The summed E-state index contributed by atoms with van der Waals surface area (Å²) < 4.78 is 45.0. The molecule has 2 aliphatic heterocycles. The second kappa shape index (κ2) is 15.3. The van der Waals surface area contributed by atoms with Gasteiger partial charge in [0.2, 0.25) is 11.9 Å². The highest BCUT2D eigenvalue weighted by Crippen LogP contribution is 2.30. The van der Waals surface area contributed by atoms with Crippen molar-refractivity contribution in [3.63, 3.8) is 0 Å². The lowest BCUT2D eigenvalue weighted by Gasteiger charge is -2.32. The maximum Gasteiger partial charge on any atom is 0.490 e. The molecule has 10 nitrogen and oxygen atoms in total. The van der Waals surface area contributed by atoms with Crippen molar-refractivity contribution in [2.45, 2.75) is 38.3 Å². The highest BCUT2D eigenvalue weighted by atomic mass is 35.5. The molecule has 6 bridgehead atoms. The second-order valence-corrected chi connectivity index (χ2v) is 11.9. The van der Waals surface area contributed by atoms with E-state index in [9.17, 15) is 27.2 Å². The van der Waals surface area contributed by atoms with Crippen LogP contribution < -0.4 is 16.0 Å². The van der Waals surface area contributed by atoms with Crippen molar-refractivity contribution >= 4 is 58.2 Å². The Morgan fingerprint density at radius 1 is 0.959 bits per heavy atom. The first-order chi connectivity index (χ1) is 23.3. The summed E-state index contributed by atoms with van der Waals surface area (Å²) in [4.78, 5) is 45.4. The van der Waals surface area contributed by atoms with Crippen molar-refractivity contribution in [3.05, 3.63) is 100 Å². The fourth-order valence-corrected chi connectivity index (χ4v) is 5.58. The van der Waals surface area contributed by atoms with Crippen LogP contribution in [0.1, 0.15) is 40.7 Å². The summed E-state index contributed by atoms with van der Waals surface area (Å²) in [5.41, 5.74) is 5.07. The number of alkyl halides is 3. The Hall–Kier alpha value is -5.24. The molecule has 6 rings (SSSR count). The van der Waals surface area contributed by atoms with Crippen LogP contribution in [0, 0.1) is 11.7 Å². The molecule has 4 aromatic rings. The summed E-state index contributed by atoms with van der Waals surface area (Å²) in [5.74, 6) is -2.18. The molecule has 3 heterocycles. The molecule has 0 spiro atoms. The van der Waals surface area contributed by atoms with Gasteiger partial charge in [-0.05, 0) is 97.3 Å². The zero-order valence-corrected chi connectivity index (χ0v) is 26.6. The van der Waals surface area contributed by atoms with Gasteiger partial charge in [-0.25, -0.2) is 14.2 Å². The van der Waals surface area contributed by atoms with E-state index in [1.165, 1.54) is 24.3 Å². The number of anilines is 5. The zero-order valence-electron chi connectivity index (χ0n) is 25.9. The molecule has 0 saturated carbocycles. The first-order valence-corrected chi connectivity index (χ1v) is 15.6. The number of carboxylic acids is 1. The van der Waals surface area contributed by atoms with E-state index in [1.807, 2.05) is 30.3 Å². The van der Waals surface area contributed by atoms with Crippen molar-refractivity contribution in [1.29, 1.82) is 0 Å². The lowest BCUT2D eigenvalue weighted by molar-refractivity contribution is -0.192.